The van der Waals surface area contributed by atoms with Gasteiger partial charge in [-0.15, -0.1) is 0 Å². The Morgan fingerprint density at radius 3 is 2.78 bits per heavy atom. The van der Waals surface area contributed by atoms with Crippen LogP contribution in [0.2, 0.25) is 0 Å². The lowest BCUT2D eigenvalue weighted by Crippen LogP contribution is -2.28. The molecular formula is C17H19N3O3. The number of benzene rings is 1. The molecule has 0 aliphatic rings. The first-order valence-electron chi connectivity index (χ1n) is 7.30. The molecule has 1 amide bonds. The predicted octanol–water partition coefficient (Wildman–Crippen LogP) is 2.86. The number of aromatic nitrogens is 1. The molecule has 0 atom stereocenters. The predicted molar refractivity (Wildman–Crippen MR) is 83.9 cm³/mol. The number of aryl methyl sites for hydroxylation is 2. The van der Waals surface area contributed by atoms with Crippen molar-refractivity contribution in [1.29, 1.82) is 5.26 Å². The van der Waals surface area contributed by atoms with Gasteiger partial charge in [0.1, 0.15) is 18.1 Å². The van der Waals surface area contributed by atoms with E-state index in [4.69, 9.17) is 14.5 Å². The molecule has 120 valence electrons. The van der Waals surface area contributed by atoms with Gasteiger partial charge in [0.25, 0.3) is 5.91 Å². The van der Waals surface area contributed by atoms with Crippen LogP contribution in [0.3, 0.4) is 0 Å². The van der Waals surface area contributed by atoms with Crippen molar-refractivity contribution in [1.82, 2.24) is 10.1 Å². The van der Waals surface area contributed by atoms with Gasteiger partial charge in [0.15, 0.2) is 0 Å². The molecule has 0 bridgehead atoms. The SMILES string of the molecule is Cc1noc(C)c1COc1ccccc1C(=O)N(C)CCC#N. The van der Waals surface area contributed by atoms with E-state index in [0.29, 0.717) is 30.0 Å². The number of nitrogens with zero attached hydrogens (tertiary/aromatic N) is 3. The lowest BCUT2D eigenvalue weighted by molar-refractivity contribution is 0.0793. The Labute approximate surface area is 135 Å². The zero-order valence-corrected chi connectivity index (χ0v) is 13.5. The van der Waals surface area contributed by atoms with Gasteiger partial charge in [-0.2, -0.15) is 5.26 Å². The zero-order chi connectivity index (χ0) is 16.8. The van der Waals surface area contributed by atoms with E-state index in [1.54, 1.807) is 25.2 Å². The number of ether oxygens (including phenoxy) is 1. The summed E-state index contributed by atoms with van der Waals surface area (Å²) in [7, 11) is 1.67. The van der Waals surface area contributed by atoms with Crippen LogP contribution in [-0.4, -0.2) is 29.6 Å². The van der Waals surface area contributed by atoms with Crippen molar-refractivity contribution >= 4 is 5.91 Å². The summed E-state index contributed by atoms with van der Waals surface area (Å²) >= 11 is 0. The second-order valence-electron chi connectivity index (χ2n) is 5.22. The maximum atomic E-state index is 12.5. The average Bonchev–Trinajstić information content (AvgIpc) is 2.88. The highest BCUT2D eigenvalue weighted by Gasteiger charge is 2.17. The maximum Gasteiger partial charge on any atom is 0.257 e. The summed E-state index contributed by atoms with van der Waals surface area (Å²) in [5.74, 6) is 1.04. The van der Waals surface area contributed by atoms with Gasteiger partial charge in [-0.25, -0.2) is 0 Å². The summed E-state index contributed by atoms with van der Waals surface area (Å²) < 4.78 is 10.9. The van der Waals surface area contributed by atoms with Gasteiger partial charge in [-0.05, 0) is 26.0 Å². The van der Waals surface area contributed by atoms with E-state index < -0.39 is 0 Å². The average molecular weight is 313 g/mol. The third-order valence-corrected chi connectivity index (χ3v) is 3.58. The first-order valence-corrected chi connectivity index (χ1v) is 7.30. The number of rotatable bonds is 6. The summed E-state index contributed by atoms with van der Waals surface area (Å²) in [5, 5.41) is 12.5. The number of para-hydroxylation sites is 1. The van der Waals surface area contributed by atoms with Crippen molar-refractivity contribution in [2.24, 2.45) is 0 Å². The second kappa shape index (κ2) is 7.45. The second-order valence-corrected chi connectivity index (χ2v) is 5.22. The molecule has 0 spiro atoms. The monoisotopic (exact) mass is 313 g/mol. The smallest absolute Gasteiger partial charge is 0.257 e. The highest BCUT2D eigenvalue weighted by atomic mass is 16.5. The molecule has 0 saturated heterocycles. The topological polar surface area (TPSA) is 79.4 Å². The first kappa shape index (κ1) is 16.6. The van der Waals surface area contributed by atoms with Crippen LogP contribution in [0.1, 0.15) is 33.8 Å². The minimum atomic E-state index is -0.172. The molecule has 2 rings (SSSR count). The minimum absolute atomic E-state index is 0.172. The summed E-state index contributed by atoms with van der Waals surface area (Å²) in [6, 6.07) is 9.10. The quantitative estimate of drug-likeness (QED) is 0.819. The molecular weight excluding hydrogens is 294 g/mol. The molecule has 0 aliphatic carbocycles. The van der Waals surface area contributed by atoms with Crippen molar-refractivity contribution in [3.05, 3.63) is 46.8 Å². The number of hydrogen-bond acceptors (Lipinski definition) is 5. The van der Waals surface area contributed by atoms with Crippen LogP contribution in [0, 0.1) is 25.2 Å². The van der Waals surface area contributed by atoms with Gasteiger partial charge in [0.05, 0.1) is 29.3 Å². The van der Waals surface area contributed by atoms with E-state index in [1.165, 1.54) is 4.90 Å². The Balaban J connectivity index is 2.14. The number of carbonyl (C=O) groups is 1. The molecule has 0 aliphatic heterocycles. The Hall–Kier alpha value is -2.81. The van der Waals surface area contributed by atoms with Gasteiger partial charge < -0.3 is 14.2 Å². The first-order chi connectivity index (χ1) is 11.0. The highest BCUT2D eigenvalue weighted by Crippen LogP contribution is 2.22. The van der Waals surface area contributed by atoms with Gasteiger partial charge in [0.2, 0.25) is 0 Å². The van der Waals surface area contributed by atoms with Crippen molar-refractivity contribution in [3.8, 4) is 11.8 Å². The van der Waals surface area contributed by atoms with Crippen LogP contribution in [0.4, 0.5) is 0 Å². The van der Waals surface area contributed by atoms with E-state index in [1.807, 2.05) is 26.0 Å². The molecule has 1 heterocycles. The van der Waals surface area contributed by atoms with Crippen molar-refractivity contribution in [2.45, 2.75) is 26.9 Å². The summed E-state index contributed by atoms with van der Waals surface area (Å²) in [5.41, 5.74) is 2.13. The third-order valence-electron chi connectivity index (χ3n) is 3.58. The van der Waals surface area contributed by atoms with Crippen LogP contribution in [0.5, 0.6) is 5.75 Å². The van der Waals surface area contributed by atoms with Gasteiger partial charge >= 0.3 is 0 Å². The number of hydrogen-bond donors (Lipinski definition) is 0. The van der Waals surface area contributed by atoms with Gasteiger partial charge in [0, 0.05) is 13.6 Å². The standard InChI is InChI=1S/C17H19N3O3/c1-12-15(13(2)23-19-12)11-22-16-8-5-4-7-14(16)17(21)20(3)10-6-9-18/h4-5,7-8H,6,10-11H2,1-3H3. The minimum Gasteiger partial charge on any atom is -0.488 e. The van der Waals surface area contributed by atoms with E-state index in [0.717, 1.165) is 11.3 Å². The Kier molecular flexibility index (Phi) is 5.36. The van der Waals surface area contributed by atoms with Gasteiger partial charge in [-0.1, -0.05) is 17.3 Å². The summed E-state index contributed by atoms with van der Waals surface area (Å²) in [4.78, 5) is 14.0. The van der Waals surface area contributed by atoms with E-state index in [2.05, 4.69) is 5.16 Å². The molecule has 0 radical (unpaired) electrons. The van der Waals surface area contributed by atoms with Crippen LogP contribution in [0.15, 0.2) is 28.8 Å². The zero-order valence-electron chi connectivity index (χ0n) is 13.5. The van der Waals surface area contributed by atoms with E-state index >= 15 is 0 Å². The molecule has 0 saturated carbocycles. The lowest BCUT2D eigenvalue weighted by Gasteiger charge is -2.18. The van der Waals surface area contributed by atoms with E-state index in [-0.39, 0.29) is 12.5 Å². The molecule has 6 heteroatoms. The highest BCUT2D eigenvalue weighted by molar-refractivity contribution is 5.96. The molecule has 2 aromatic rings. The van der Waals surface area contributed by atoms with Crippen molar-refractivity contribution in [3.63, 3.8) is 0 Å². The maximum absolute atomic E-state index is 12.5. The van der Waals surface area contributed by atoms with Crippen molar-refractivity contribution < 1.29 is 14.1 Å². The fourth-order valence-corrected chi connectivity index (χ4v) is 2.15. The molecule has 1 aromatic heterocycles. The third kappa shape index (κ3) is 3.89. The fourth-order valence-electron chi connectivity index (χ4n) is 2.15. The molecule has 0 unspecified atom stereocenters. The molecule has 0 fully saturated rings. The van der Waals surface area contributed by atoms with Crippen LogP contribution in [-0.2, 0) is 6.61 Å². The number of carbonyl (C=O) groups excluding carboxylic acids is 1. The fraction of sp³-hybridized carbons (Fsp3) is 0.353. The number of amides is 1. The molecule has 6 nitrogen and oxygen atoms in total. The summed E-state index contributed by atoms with van der Waals surface area (Å²) in [6.07, 6.45) is 0.296. The normalized spacial score (nSPS) is 10.2. The Morgan fingerprint density at radius 2 is 2.13 bits per heavy atom. The van der Waals surface area contributed by atoms with Crippen LogP contribution < -0.4 is 4.74 Å². The van der Waals surface area contributed by atoms with E-state index in [9.17, 15) is 4.79 Å². The Morgan fingerprint density at radius 1 is 1.39 bits per heavy atom. The van der Waals surface area contributed by atoms with Crippen LogP contribution in [0.25, 0.3) is 0 Å². The Bertz CT molecular complexity index is 711. The molecule has 0 N–H and O–H groups in total. The number of nitriles is 1. The lowest BCUT2D eigenvalue weighted by atomic mass is 10.1. The molecule has 23 heavy (non-hydrogen) atoms. The summed E-state index contributed by atoms with van der Waals surface area (Å²) in [6.45, 7) is 4.34. The largest absolute Gasteiger partial charge is 0.488 e. The van der Waals surface area contributed by atoms with Crippen molar-refractivity contribution in [2.75, 3.05) is 13.6 Å². The molecule has 1 aromatic carbocycles. The van der Waals surface area contributed by atoms with Crippen LogP contribution >= 0.6 is 0 Å². The van der Waals surface area contributed by atoms with Gasteiger partial charge in [-0.3, -0.25) is 4.79 Å².